The average molecular weight is 270 g/mol. The lowest BCUT2D eigenvalue weighted by Crippen LogP contribution is -2.04. The molecule has 2 N–H and O–H groups in total. The van der Waals surface area contributed by atoms with Crippen LogP contribution < -0.4 is 5.32 Å². The molecule has 3 nitrogen and oxygen atoms in total. The standard InChI is InChI=1S/C11H12BrNO2/c1-8(6-11(14)15)7-13-10-5-3-2-4-9(10)12/h2-6,13H,7H2,1H3,(H,14,15)/b8-6-. The quantitative estimate of drug-likeness (QED) is 0.827. The van der Waals surface area contributed by atoms with Crippen molar-refractivity contribution in [2.45, 2.75) is 6.92 Å². The molecule has 0 aliphatic carbocycles. The van der Waals surface area contributed by atoms with Gasteiger partial charge in [0.25, 0.3) is 0 Å². The lowest BCUT2D eigenvalue weighted by molar-refractivity contribution is -0.131. The van der Waals surface area contributed by atoms with E-state index in [2.05, 4.69) is 21.2 Å². The molecule has 1 aromatic rings. The number of carboxylic acid groups (broad SMARTS) is 1. The summed E-state index contributed by atoms with van der Waals surface area (Å²) in [5.41, 5.74) is 1.73. The van der Waals surface area contributed by atoms with Crippen molar-refractivity contribution in [3.8, 4) is 0 Å². The van der Waals surface area contributed by atoms with E-state index in [0.717, 1.165) is 15.7 Å². The lowest BCUT2D eigenvalue weighted by Gasteiger charge is -2.07. The van der Waals surface area contributed by atoms with E-state index < -0.39 is 5.97 Å². The molecular formula is C11H12BrNO2. The number of carboxylic acids is 1. The zero-order valence-electron chi connectivity index (χ0n) is 8.33. The maximum Gasteiger partial charge on any atom is 0.328 e. The van der Waals surface area contributed by atoms with Crippen LogP contribution in [-0.4, -0.2) is 17.6 Å². The maximum atomic E-state index is 10.4. The van der Waals surface area contributed by atoms with Gasteiger partial charge in [-0.15, -0.1) is 0 Å². The molecule has 1 rings (SSSR count). The number of anilines is 1. The van der Waals surface area contributed by atoms with Crippen LogP contribution in [0.5, 0.6) is 0 Å². The molecule has 0 aliphatic heterocycles. The monoisotopic (exact) mass is 269 g/mol. The summed E-state index contributed by atoms with van der Waals surface area (Å²) in [5, 5.41) is 11.7. The molecule has 0 heterocycles. The zero-order chi connectivity index (χ0) is 11.3. The Morgan fingerprint density at radius 1 is 1.53 bits per heavy atom. The molecule has 80 valence electrons. The van der Waals surface area contributed by atoms with Crippen LogP contribution in [0, 0.1) is 0 Å². The van der Waals surface area contributed by atoms with E-state index in [0.29, 0.717) is 6.54 Å². The molecule has 0 saturated carbocycles. The van der Waals surface area contributed by atoms with Crippen molar-refractivity contribution >= 4 is 27.6 Å². The van der Waals surface area contributed by atoms with Crippen LogP contribution >= 0.6 is 15.9 Å². The first kappa shape index (κ1) is 11.8. The molecule has 0 aromatic heterocycles. The van der Waals surface area contributed by atoms with Crippen molar-refractivity contribution in [1.29, 1.82) is 0 Å². The molecule has 1 aromatic carbocycles. The Kier molecular flexibility index (Phi) is 4.37. The van der Waals surface area contributed by atoms with Gasteiger partial charge in [-0.2, -0.15) is 0 Å². The summed E-state index contributed by atoms with van der Waals surface area (Å²) in [4.78, 5) is 10.4. The third kappa shape index (κ3) is 4.16. The van der Waals surface area contributed by atoms with Gasteiger partial charge in [-0.05, 0) is 40.6 Å². The minimum absolute atomic E-state index is 0.523. The Hall–Kier alpha value is -1.29. The minimum Gasteiger partial charge on any atom is -0.478 e. The predicted molar refractivity (Wildman–Crippen MR) is 64.0 cm³/mol. The second-order valence-corrected chi connectivity index (χ2v) is 4.02. The number of para-hydroxylation sites is 1. The van der Waals surface area contributed by atoms with Crippen molar-refractivity contribution in [2.75, 3.05) is 11.9 Å². The van der Waals surface area contributed by atoms with Crippen LogP contribution in [0.4, 0.5) is 5.69 Å². The highest BCUT2D eigenvalue weighted by atomic mass is 79.9. The number of hydrogen-bond donors (Lipinski definition) is 2. The van der Waals surface area contributed by atoms with Crippen molar-refractivity contribution in [1.82, 2.24) is 0 Å². The fraction of sp³-hybridized carbons (Fsp3) is 0.182. The molecule has 0 atom stereocenters. The predicted octanol–water partition coefficient (Wildman–Crippen LogP) is 2.89. The third-order valence-corrected chi connectivity index (χ3v) is 2.49. The van der Waals surface area contributed by atoms with Crippen LogP contribution in [0.2, 0.25) is 0 Å². The van der Waals surface area contributed by atoms with Crippen LogP contribution in [0.3, 0.4) is 0 Å². The highest BCUT2D eigenvalue weighted by molar-refractivity contribution is 9.10. The Balaban J connectivity index is 2.58. The fourth-order valence-corrected chi connectivity index (χ4v) is 1.53. The van der Waals surface area contributed by atoms with E-state index in [1.807, 2.05) is 24.3 Å². The van der Waals surface area contributed by atoms with Gasteiger partial charge in [0.15, 0.2) is 0 Å². The van der Waals surface area contributed by atoms with E-state index in [1.54, 1.807) is 6.92 Å². The summed E-state index contributed by atoms with van der Waals surface area (Å²) in [6, 6.07) is 7.70. The number of hydrogen-bond acceptors (Lipinski definition) is 2. The van der Waals surface area contributed by atoms with Gasteiger partial charge < -0.3 is 10.4 Å². The summed E-state index contributed by atoms with van der Waals surface area (Å²) in [5.74, 6) is -0.915. The smallest absolute Gasteiger partial charge is 0.328 e. The summed E-state index contributed by atoms with van der Waals surface area (Å²) < 4.78 is 0.966. The van der Waals surface area contributed by atoms with Crippen molar-refractivity contribution in [2.24, 2.45) is 0 Å². The number of nitrogens with one attached hydrogen (secondary N) is 1. The Labute approximate surface area is 96.9 Å². The molecular weight excluding hydrogens is 258 g/mol. The van der Waals surface area contributed by atoms with Gasteiger partial charge in [-0.3, -0.25) is 0 Å². The summed E-state index contributed by atoms with van der Waals surface area (Å²) in [6.07, 6.45) is 1.20. The summed E-state index contributed by atoms with van der Waals surface area (Å²) in [6.45, 7) is 2.30. The first-order valence-electron chi connectivity index (χ1n) is 4.48. The fourth-order valence-electron chi connectivity index (χ4n) is 1.10. The second-order valence-electron chi connectivity index (χ2n) is 3.16. The first-order chi connectivity index (χ1) is 7.09. The van der Waals surface area contributed by atoms with Gasteiger partial charge >= 0.3 is 5.97 Å². The van der Waals surface area contributed by atoms with Gasteiger partial charge in [0.05, 0.1) is 0 Å². The van der Waals surface area contributed by atoms with E-state index >= 15 is 0 Å². The van der Waals surface area contributed by atoms with E-state index in [1.165, 1.54) is 6.08 Å². The lowest BCUT2D eigenvalue weighted by atomic mass is 10.2. The molecule has 0 fully saturated rings. The number of benzene rings is 1. The minimum atomic E-state index is -0.915. The average Bonchev–Trinajstić information content (AvgIpc) is 2.15. The molecule has 0 radical (unpaired) electrons. The largest absolute Gasteiger partial charge is 0.478 e. The van der Waals surface area contributed by atoms with Gasteiger partial charge in [0.2, 0.25) is 0 Å². The van der Waals surface area contributed by atoms with Gasteiger partial charge in [0.1, 0.15) is 0 Å². The second kappa shape index (κ2) is 5.56. The maximum absolute atomic E-state index is 10.4. The van der Waals surface area contributed by atoms with Crippen molar-refractivity contribution in [3.05, 3.63) is 40.4 Å². The summed E-state index contributed by atoms with van der Waals surface area (Å²) in [7, 11) is 0. The van der Waals surface area contributed by atoms with Crippen molar-refractivity contribution < 1.29 is 9.90 Å². The Morgan fingerprint density at radius 2 is 2.20 bits per heavy atom. The van der Waals surface area contributed by atoms with Gasteiger partial charge in [0, 0.05) is 22.8 Å². The number of rotatable bonds is 4. The van der Waals surface area contributed by atoms with Crippen LogP contribution in [0.15, 0.2) is 40.4 Å². The third-order valence-electron chi connectivity index (χ3n) is 1.80. The first-order valence-corrected chi connectivity index (χ1v) is 5.27. The topological polar surface area (TPSA) is 49.3 Å². The Morgan fingerprint density at radius 3 is 2.80 bits per heavy atom. The van der Waals surface area contributed by atoms with Gasteiger partial charge in [-0.1, -0.05) is 12.1 Å². The Bertz CT molecular complexity index is 388. The zero-order valence-corrected chi connectivity index (χ0v) is 9.91. The molecule has 15 heavy (non-hydrogen) atoms. The normalized spacial score (nSPS) is 11.2. The molecule has 0 unspecified atom stereocenters. The molecule has 0 spiro atoms. The molecule has 4 heteroatoms. The summed E-state index contributed by atoms with van der Waals surface area (Å²) >= 11 is 3.40. The number of halogens is 1. The van der Waals surface area contributed by atoms with Gasteiger partial charge in [-0.25, -0.2) is 4.79 Å². The van der Waals surface area contributed by atoms with Crippen LogP contribution in [-0.2, 0) is 4.79 Å². The molecule has 0 bridgehead atoms. The molecule has 0 aliphatic rings. The highest BCUT2D eigenvalue weighted by Crippen LogP contribution is 2.21. The molecule has 0 saturated heterocycles. The van der Waals surface area contributed by atoms with Crippen LogP contribution in [0.1, 0.15) is 6.92 Å². The van der Waals surface area contributed by atoms with E-state index in [-0.39, 0.29) is 0 Å². The highest BCUT2D eigenvalue weighted by Gasteiger charge is 1.98. The SMILES string of the molecule is C/C(=C/C(=O)O)CNc1ccccc1Br. The van der Waals surface area contributed by atoms with E-state index in [9.17, 15) is 4.79 Å². The van der Waals surface area contributed by atoms with Crippen LogP contribution in [0.25, 0.3) is 0 Å². The van der Waals surface area contributed by atoms with Crippen molar-refractivity contribution in [3.63, 3.8) is 0 Å². The number of aliphatic carboxylic acids is 1. The number of carbonyl (C=O) groups is 1. The molecule has 0 amide bonds. The van der Waals surface area contributed by atoms with E-state index in [4.69, 9.17) is 5.11 Å².